The van der Waals surface area contributed by atoms with E-state index in [9.17, 15) is 28.0 Å². The maximum Gasteiger partial charge on any atom is 0.318 e. The molecule has 4 aromatic rings. The number of pyridine rings is 1. The van der Waals surface area contributed by atoms with Crippen LogP contribution < -0.4 is 20.9 Å². The van der Waals surface area contributed by atoms with Crippen molar-refractivity contribution in [3.63, 3.8) is 0 Å². The Labute approximate surface area is 306 Å². The van der Waals surface area contributed by atoms with Crippen LogP contribution in [0.2, 0.25) is 0 Å². The number of nitrogens with zero attached hydrogens (tertiary/aromatic N) is 8. The lowest BCUT2D eigenvalue weighted by Crippen LogP contribution is -2.49. The minimum atomic E-state index is -1.07. The van der Waals surface area contributed by atoms with Crippen molar-refractivity contribution in [2.45, 2.75) is 57.3 Å². The van der Waals surface area contributed by atoms with Gasteiger partial charge in [0, 0.05) is 62.7 Å². The SMILES string of the molecule is C=C(F)C(=O)N1CCN(c2nc(OC)nc3c(F)c(-c4ccc(F)c5sc(N)c(C#N)c45)n(C4CC4)c(=O)c23)CC1.CC#N.FC1CC2CCCN2C1. The number of hydrogen-bond acceptors (Lipinski definition) is 11. The molecule has 1 saturated carbocycles. The summed E-state index contributed by atoms with van der Waals surface area (Å²) in [7, 11) is 1.30. The van der Waals surface area contributed by atoms with E-state index >= 15 is 4.39 Å². The molecule has 17 heteroatoms. The summed E-state index contributed by atoms with van der Waals surface area (Å²) in [6.07, 6.45) is 4.03. The van der Waals surface area contributed by atoms with Gasteiger partial charge in [-0.2, -0.15) is 20.5 Å². The van der Waals surface area contributed by atoms with Gasteiger partial charge in [0.05, 0.1) is 29.1 Å². The zero-order valence-electron chi connectivity index (χ0n) is 29.2. The molecule has 3 aromatic heterocycles. The lowest BCUT2D eigenvalue weighted by Gasteiger charge is -2.35. The molecule has 1 aliphatic carbocycles. The van der Waals surface area contributed by atoms with Crippen LogP contribution >= 0.6 is 11.3 Å². The lowest BCUT2D eigenvalue weighted by atomic mass is 10.0. The van der Waals surface area contributed by atoms with E-state index in [0.29, 0.717) is 25.4 Å². The summed E-state index contributed by atoms with van der Waals surface area (Å²) >= 11 is 0.875. The van der Waals surface area contributed by atoms with E-state index in [1.807, 2.05) is 6.07 Å². The molecule has 1 aromatic carbocycles. The van der Waals surface area contributed by atoms with Gasteiger partial charge in [-0.3, -0.25) is 14.5 Å². The molecular weight excluding hydrogens is 715 g/mol. The van der Waals surface area contributed by atoms with E-state index in [2.05, 4.69) is 21.4 Å². The minimum absolute atomic E-state index is 0.00173. The second kappa shape index (κ2) is 15.4. The number of halogens is 4. The molecule has 2 N–H and O–H groups in total. The average molecular weight is 752 g/mol. The zero-order chi connectivity index (χ0) is 38.1. The first-order valence-electron chi connectivity index (χ1n) is 17.1. The second-order valence-electron chi connectivity index (χ2n) is 13.1. The van der Waals surface area contributed by atoms with Crippen LogP contribution in [-0.2, 0) is 4.79 Å². The molecule has 1 amide bonds. The molecule has 12 nitrogen and oxygen atoms in total. The Hall–Kier alpha value is -5.26. The number of ether oxygens (including phenoxy) is 1. The summed E-state index contributed by atoms with van der Waals surface area (Å²) in [5.74, 6) is -3.26. The molecular formula is C36H37F4N9O3S. The number of carbonyl (C=O) groups excluding carboxylic acids is 1. The van der Waals surface area contributed by atoms with E-state index < -0.39 is 35.1 Å². The van der Waals surface area contributed by atoms with Gasteiger partial charge in [-0.05, 0) is 50.8 Å². The van der Waals surface area contributed by atoms with Crippen molar-refractivity contribution in [1.29, 1.82) is 10.5 Å². The van der Waals surface area contributed by atoms with Crippen LogP contribution in [0, 0.1) is 34.3 Å². The molecule has 2 atom stereocenters. The van der Waals surface area contributed by atoms with Crippen molar-refractivity contribution in [1.82, 2.24) is 24.3 Å². The highest BCUT2D eigenvalue weighted by Gasteiger charge is 2.36. The summed E-state index contributed by atoms with van der Waals surface area (Å²) in [4.78, 5) is 40.1. The predicted molar refractivity (Wildman–Crippen MR) is 193 cm³/mol. The van der Waals surface area contributed by atoms with Crippen molar-refractivity contribution < 1.29 is 27.1 Å². The molecule has 6 heterocycles. The van der Waals surface area contributed by atoms with E-state index in [-0.39, 0.29) is 86.9 Å². The summed E-state index contributed by atoms with van der Waals surface area (Å²) in [6, 6.07) is 6.30. The average Bonchev–Trinajstić information content (AvgIpc) is 3.65. The Balaban J connectivity index is 0.000000340. The first-order valence-corrected chi connectivity index (χ1v) is 17.9. The number of amides is 1. The quantitative estimate of drug-likeness (QED) is 0.201. The fraction of sp³-hybridized carbons (Fsp3) is 0.444. The van der Waals surface area contributed by atoms with E-state index in [1.165, 1.54) is 42.4 Å². The number of nitriles is 2. The van der Waals surface area contributed by atoms with Gasteiger partial charge in [0.15, 0.2) is 11.6 Å². The van der Waals surface area contributed by atoms with Gasteiger partial charge in [-0.1, -0.05) is 6.58 Å². The maximum atomic E-state index is 16.7. The van der Waals surface area contributed by atoms with Crippen LogP contribution in [0.25, 0.3) is 32.2 Å². The molecule has 2 unspecified atom stereocenters. The van der Waals surface area contributed by atoms with Crippen LogP contribution in [0.1, 0.15) is 50.6 Å². The number of anilines is 2. The monoisotopic (exact) mass is 751 g/mol. The number of methoxy groups -OCH3 is 1. The summed E-state index contributed by atoms with van der Waals surface area (Å²) in [6.45, 7) is 6.94. The Morgan fingerprint density at radius 2 is 1.77 bits per heavy atom. The predicted octanol–water partition coefficient (Wildman–Crippen LogP) is 5.60. The highest BCUT2D eigenvalue weighted by molar-refractivity contribution is 7.23. The first kappa shape index (κ1) is 37.5. The molecule has 3 aliphatic heterocycles. The van der Waals surface area contributed by atoms with Crippen molar-refractivity contribution in [3.05, 3.63) is 52.1 Å². The Kier molecular flexibility index (Phi) is 10.9. The molecule has 0 spiro atoms. The molecule has 4 aliphatic rings. The molecule has 0 bridgehead atoms. The number of fused-ring (bicyclic) bond motifs is 3. The van der Waals surface area contributed by atoms with Gasteiger partial charge < -0.3 is 24.8 Å². The third-order valence-electron chi connectivity index (χ3n) is 9.80. The van der Waals surface area contributed by atoms with E-state index in [4.69, 9.17) is 15.7 Å². The van der Waals surface area contributed by atoms with Crippen LogP contribution in [0.5, 0.6) is 6.01 Å². The third kappa shape index (κ3) is 7.11. The standard InChI is InChI=1S/C27H22F3N7O3S.C7H12FN.C2H3N/c1-12(28)25(38)36-9-7-35(8-10-36)24-18-20(33-27(34-24)40-2)19(30)21(37(26(18)39)13-3-4-13)14-5-6-16(29)22-17(14)15(11-31)23(32)41-22;8-6-4-7-2-1-3-9(7)5-6;1-2-3/h5-6,13H,1,3-4,7-10,32H2,2H3;6-7H,1-5H2;1H3. The van der Waals surface area contributed by atoms with Gasteiger partial charge in [0.25, 0.3) is 11.5 Å². The van der Waals surface area contributed by atoms with Crippen LogP contribution in [0.15, 0.2) is 29.3 Å². The van der Waals surface area contributed by atoms with E-state index in [0.717, 1.165) is 30.4 Å². The lowest BCUT2D eigenvalue weighted by molar-refractivity contribution is -0.128. The Bertz CT molecular complexity index is 2220. The number of carbonyl (C=O) groups is 1. The topological polar surface area (TPSA) is 157 Å². The third-order valence-corrected chi connectivity index (χ3v) is 10.8. The van der Waals surface area contributed by atoms with Crippen LogP contribution in [0.4, 0.5) is 28.4 Å². The number of nitrogens with two attached hydrogens (primary N) is 1. The Morgan fingerprint density at radius 1 is 1.08 bits per heavy atom. The van der Waals surface area contributed by atoms with Crippen molar-refractivity contribution in [2.24, 2.45) is 0 Å². The number of benzene rings is 1. The number of piperazine rings is 1. The molecule has 4 fully saturated rings. The van der Waals surface area contributed by atoms with Gasteiger partial charge in [0.2, 0.25) is 0 Å². The summed E-state index contributed by atoms with van der Waals surface area (Å²) in [5.41, 5.74) is 5.15. The van der Waals surface area contributed by atoms with Crippen molar-refractivity contribution in [3.8, 4) is 29.4 Å². The molecule has 8 rings (SSSR count). The van der Waals surface area contributed by atoms with Crippen molar-refractivity contribution in [2.75, 3.05) is 57.0 Å². The van der Waals surface area contributed by atoms with Gasteiger partial charge in [-0.15, -0.1) is 11.3 Å². The molecule has 53 heavy (non-hydrogen) atoms. The number of alkyl halides is 1. The normalized spacial score (nSPS) is 19.5. The molecule has 3 saturated heterocycles. The Morgan fingerprint density at radius 3 is 2.38 bits per heavy atom. The van der Waals surface area contributed by atoms with Gasteiger partial charge >= 0.3 is 6.01 Å². The summed E-state index contributed by atoms with van der Waals surface area (Å²) in [5, 5.41) is 17.2. The van der Waals surface area contributed by atoms with Crippen LogP contribution in [0.3, 0.4) is 0 Å². The first-order chi connectivity index (χ1) is 25.4. The number of rotatable bonds is 5. The molecule has 278 valence electrons. The fourth-order valence-electron chi connectivity index (χ4n) is 7.29. The zero-order valence-corrected chi connectivity index (χ0v) is 30.0. The van der Waals surface area contributed by atoms with Crippen molar-refractivity contribution >= 4 is 49.1 Å². The number of nitrogen functional groups attached to an aromatic ring is 1. The molecule has 0 radical (unpaired) electrons. The number of thiophene rings is 1. The highest BCUT2D eigenvalue weighted by Crippen LogP contribution is 2.45. The minimum Gasteiger partial charge on any atom is -0.467 e. The number of hydrogen-bond donors (Lipinski definition) is 1. The second-order valence-corrected chi connectivity index (χ2v) is 14.2. The van der Waals surface area contributed by atoms with Gasteiger partial charge in [-0.25, -0.2) is 17.6 Å². The highest BCUT2D eigenvalue weighted by atomic mass is 32.1. The van der Waals surface area contributed by atoms with E-state index in [1.54, 1.807) is 11.0 Å². The fourth-order valence-corrected chi connectivity index (χ4v) is 8.24. The largest absolute Gasteiger partial charge is 0.467 e. The van der Waals surface area contributed by atoms with Crippen LogP contribution in [-0.4, -0.2) is 88.8 Å². The van der Waals surface area contributed by atoms with Gasteiger partial charge in [0.1, 0.15) is 39.8 Å². The smallest absolute Gasteiger partial charge is 0.318 e. The maximum absolute atomic E-state index is 16.7. The summed E-state index contributed by atoms with van der Waals surface area (Å²) < 4.78 is 64.2. The number of aromatic nitrogens is 3.